The zero-order chi connectivity index (χ0) is 8.65. The Morgan fingerprint density at radius 1 is 1.33 bits per heavy atom. The minimum absolute atomic E-state index is 0.339. The summed E-state index contributed by atoms with van der Waals surface area (Å²) in [4.78, 5) is 0. The zero-order valence-electron chi connectivity index (χ0n) is 6.60. The average molecular weight is 159 g/mol. The Morgan fingerprint density at radius 3 is 2.75 bits per heavy atom. The highest BCUT2D eigenvalue weighted by atomic mass is 16.5. The van der Waals surface area contributed by atoms with Crippen molar-refractivity contribution in [2.24, 2.45) is 0 Å². The largest absolute Gasteiger partial charge is 0.423 e. The summed E-state index contributed by atoms with van der Waals surface area (Å²) in [6.45, 7) is 0.339. The van der Waals surface area contributed by atoms with Gasteiger partial charge in [0.25, 0.3) is 6.26 Å². The van der Waals surface area contributed by atoms with E-state index < -0.39 is 0 Å². The van der Waals surface area contributed by atoms with Crippen LogP contribution in [0.15, 0.2) is 36.4 Å². The third-order valence-corrected chi connectivity index (χ3v) is 1.35. The van der Waals surface area contributed by atoms with Gasteiger partial charge in [-0.15, -0.1) is 0 Å². The van der Waals surface area contributed by atoms with Crippen molar-refractivity contribution in [3.63, 3.8) is 0 Å². The van der Waals surface area contributed by atoms with E-state index >= 15 is 0 Å². The van der Waals surface area contributed by atoms with Gasteiger partial charge in [-0.25, -0.2) is 0 Å². The lowest BCUT2D eigenvalue weighted by molar-refractivity contribution is 0.313. The molecule has 0 N–H and O–H groups in total. The number of hydrogen-bond acceptors (Lipinski definition) is 2. The molecular formula is C10H9NO. The maximum Gasteiger partial charge on any atom is 0.286 e. The number of nitriles is 1. The Bertz CT molecular complexity index is 284. The molecule has 12 heavy (non-hydrogen) atoms. The molecule has 0 aromatic heterocycles. The third kappa shape index (κ3) is 2.89. The van der Waals surface area contributed by atoms with Gasteiger partial charge in [0.1, 0.15) is 6.61 Å². The predicted molar refractivity (Wildman–Crippen MR) is 47.0 cm³/mol. The molecule has 0 atom stereocenters. The monoisotopic (exact) mass is 159 g/mol. The van der Waals surface area contributed by atoms with Gasteiger partial charge in [0.15, 0.2) is 0 Å². The standard InChI is InChI=1S/C10H9NO/c11-9-12-8-4-7-10-5-2-1-3-6-10/h1-7H,8H2/b7-4+. The molecule has 0 heterocycles. The summed E-state index contributed by atoms with van der Waals surface area (Å²) in [5.74, 6) is 0. The highest BCUT2D eigenvalue weighted by Gasteiger charge is 1.81. The Labute approximate surface area is 71.7 Å². The number of ether oxygens (including phenoxy) is 1. The quantitative estimate of drug-likeness (QED) is 0.500. The first-order chi connectivity index (χ1) is 5.93. The van der Waals surface area contributed by atoms with Crippen LogP contribution in [-0.4, -0.2) is 6.61 Å². The van der Waals surface area contributed by atoms with E-state index in [2.05, 4.69) is 4.74 Å². The van der Waals surface area contributed by atoms with Crippen molar-refractivity contribution < 1.29 is 4.74 Å². The molecule has 0 saturated carbocycles. The first-order valence-electron chi connectivity index (χ1n) is 3.66. The van der Waals surface area contributed by atoms with Crippen LogP contribution in [0.4, 0.5) is 0 Å². The SMILES string of the molecule is N#COC/C=C/c1ccccc1. The first kappa shape index (κ1) is 8.35. The van der Waals surface area contributed by atoms with Crippen LogP contribution >= 0.6 is 0 Å². The molecule has 0 aliphatic heterocycles. The van der Waals surface area contributed by atoms with Crippen LogP contribution in [0, 0.1) is 11.5 Å². The molecular weight excluding hydrogens is 150 g/mol. The summed E-state index contributed by atoms with van der Waals surface area (Å²) >= 11 is 0. The molecule has 0 aliphatic rings. The molecule has 0 fully saturated rings. The van der Waals surface area contributed by atoms with E-state index in [9.17, 15) is 0 Å². The van der Waals surface area contributed by atoms with E-state index in [1.54, 1.807) is 12.3 Å². The summed E-state index contributed by atoms with van der Waals surface area (Å²) < 4.78 is 4.47. The lowest BCUT2D eigenvalue weighted by Gasteiger charge is -1.90. The molecule has 2 nitrogen and oxygen atoms in total. The van der Waals surface area contributed by atoms with Crippen molar-refractivity contribution in [2.45, 2.75) is 0 Å². The summed E-state index contributed by atoms with van der Waals surface area (Å²) in [5.41, 5.74) is 1.11. The molecule has 0 bridgehead atoms. The predicted octanol–water partition coefficient (Wildman–Crippen LogP) is 2.20. The topological polar surface area (TPSA) is 33.0 Å². The molecule has 1 rings (SSSR count). The molecule has 0 unspecified atom stereocenters. The average Bonchev–Trinajstić information content (AvgIpc) is 2.14. The number of rotatable bonds is 3. The minimum atomic E-state index is 0.339. The van der Waals surface area contributed by atoms with Crippen LogP contribution in [0.3, 0.4) is 0 Å². The van der Waals surface area contributed by atoms with Crippen LogP contribution in [0.2, 0.25) is 0 Å². The zero-order valence-corrected chi connectivity index (χ0v) is 6.60. The van der Waals surface area contributed by atoms with Crippen molar-refractivity contribution in [3.05, 3.63) is 42.0 Å². The highest BCUT2D eigenvalue weighted by Crippen LogP contribution is 2.00. The summed E-state index contributed by atoms with van der Waals surface area (Å²) in [6, 6.07) is 9.87. The van der Waals surface area contributed by atoms with E-state index in [4.69, 9.17) is 5.26 Å². The molecule has 2 heteroatoms. The van der Waals surface area contributed by atoms with E-state index in [-0.39, 0.29) is 0 Å². The summed E-state index contributed by atoms with van der Waals surface area (Å²) in [7, 11) is 0. The molecule has 0 amide bonds. The normalized spacial score (nSPS) is 9.58. The lowest BCUT2D eigenvalue weighted by Crippen LogP contribution is -1.79. The minimum Gasteiger partial charge on any atom is -0.423 e. The van der Waals surface area contributed by atoms with Crippen molar-refractivity contribution in [1.29, 1.82) is 5.26 Å². The summed E-state index contributed by atoms with van der Waals surface area (Å²) in [6.07, 6.45) is 5.32. The van der Waals surface area contributed by atoms with Gasteiger partial charge in [0, 0.05) is 0 Å². The second-order valence-corrected chi connectivity index (χ2v) is 2.22. The van der Waals surface area contributed by atoms with Crippen LogP contribution in [0.25, 0.3) is 6.08 Å². The molecule has 0 radical (unpaired) electrons. The molecule has 1 aromatic rings. The number of hydrogen-bond donors (Lipinski definition) is 0. The van der Waals surface area contributed by atoms with Crippen LogP contribution in [0.1, 0.15) is 5.56 Å². The first-order valence-corrected chi connectivity index (χ1v) is 3.66. The van der Waals surface area contributed by atoms with Gasteiger partial charge in [0.2, 0.25) is 0 Å². The van der Waals surface area contributed by atoms with E-state index in [0.717, 1.165) is 5.56 Å². The van der Waals surface area contributed by atoms with Gasteiger partial charge in [-0.3, -0.25) is 0 Å². The Balaban J connectivity index is 2.43. The molecule has 1 aromatic carbocycles. The van der Waals surface area contributed by atoms with Crippen LogP contribution in [-0.2, 0) is 4.74 Å². The molecule has 0 aliphatic carbocycles. The Morgan fingerprint density at radius 2 is 2.08 bits per heavy atom. The van der Waals surface area contributed by atoms with E-state index in [1.165, 1.54) is 0 Å². The molecule has 0 spiro atoms. The van der Waals surface area contributed by atoms with E-state index in [1.807, 2.05) is 36.4 Å². The second kappa shape index (κ2) is 4.97. The van der Waals surface area contributed by atoms with Crippen molar-refractivity contribution in [1.82, 2.24) is 0 Å². The number of benzene rings is 1. The van der Waals surface area contributed by atoms with Gasteiger partial charge >= 0.3 is 0 Å². The molecule has 0 saturated heterocycles. The lowest BCUT2D eigenvalue weighted by atomic mass is 10.2. The fraction of sp³-hybridized carbons (Fsp3) is 0.100. The van der Waals surface area contributed by atoms with Gasteiger partial charge < -0.3 is 4.74 Å². The van der Waals surface area contributed by atoms with Crippen molar-refractivity contribution in [3.8, 4) is 6.26 Å². The van der Waals surface area contributed by atoms with Gasteiger partial charge in [0.05, 0.1) is 0 Å². The smallest absolute Gasteiger partial charge is 0.286 e. The Kier molecular flexibility index (Phi) is 3.46. The fourth-order valence-electron chi connectivity index (χ4n) is 0.834. The van der Waals surface area contributed by atoms with Crippen LogP contribution < -0.4 is 0 Å². The van der Waals surface area contributed by atoms with Crippen LogP contribution in [0.5, 0.6) is 0 Å². The van der Waals surface area contributed by atoms with Gasteiger partial charge in [-0.05, 0) is 11.6 Å². The number of nitrogens with zero attached hydrogens (tertiary/aromatic N) is 1. The highest BCUT2D eigenvalue weighted by molar-refractivity contribution is 5.48. The maximum atomic E-state index is 8.06. The Hall–Kier alpha value is -1.75. The van der Waals surface area contributed by atoms with E-state index in [0.29, 0.717) is 6.61 Å². The van der Waals surface area contributed by atoms with Gasteiger partial charge in [-0.2, -0.15) is 5.26 Å². The van der Waals surface area contributed by atoms with Gasteiger partial charge in [-0.1, -0.05) is 36.4 Å². The molecule has 60 valence electrons. The maximum absolute atomic E-state index is 8.06. The van der Waals surface area contributed by atoms with Crippen molar-refractivity contribution in [2.75, 3.05) is 6.61 Å². The summed E-state index contributed by atoms with van der Waals surface area (Å²) in [5, 5.41) is 8.06. The second-order valence-electron chi connectivity index (χ2n) is 2.22. The third-order valence-electron chi connectivity index (χ3n) is 1.35. The fourth-order valence-corrected chi connectivity index (χ4v) is 0.834. The van der Waals surface area contributed by atoms with Crippen molar-refractivity contribution >= 4 is 6.08 Å².